The summed E-state index contributed by atoms with van der Waals surface area (Å²) in [5.74, 6) is 2.53. The standard InChI is InChI=1S/C17H24N4OS/c1-13-7-9-20(10-8-13)12-21-17(23)19(2)16(18-21)14-5-4-6-15(11-14)22-3/h4-6,11,13H,7-10,12H2,1-3H3. The van der Waals surface area contributed by atoms with Crippen molar-refractivity contribution in [2.45, 2.75) is 26.4 Å². The van der Waals surface area contributed by atoms with Crippen LogP contribution in [-0.4, -0.2) is 39.4 Å². The highest BCUT2D eigenvalue weighted by Crippen LogP contribution is 2.23. The van der Waals surface area contributed by atoms with Crippen LogP contribution >= 0.6 is 12.2 Å². The molecule has 2 heterocycles. The van der Waals surface area contributed by atoms with Gasteiger partial charge in [0, 0.05) is 25.7 Å². The number of aromatic nitrogens is 3. The molecule has 23 heavy (non-hydrogen) atoms. The van der Waals surface area contributed by atoms with Gasteiger partial charge in [-0.25, -0.2) is 4.68 Å². The summed E-state index contributed by atoms with van der Waals surface area (Å²) in [5, 5.41) is 4.75. The molecule has 0 radical (unpaired) electrons. The van der Waals surface area contributed by atoms with E-state index in [0.717, 1.165) is 47.6 Å². The summed E-state index contributed by atoms with van der Waals surface area (Å²) in [6.45, 7) is 5.33. The minimum Gasteiger partial charge on any atom is -0.497 e. The second kappa shape index (κ2) is 6.84. The second-order valence-electron chi connectivity index (χ2n) is 6.34. The van der Waals surface area contributed by atoms with E-state index in [9.17, 15) is 0 Å². The third kappa shape index (κ3) is 3.48. The molecule has 1 aromatic heterocycles. The third-order valence-electron chi connectivity index (χ3n) is 4.58. The zero-order valence-corrected chi connectivity index (χ0v) is 14.8. The first-order valence-electron chi connectivity index (χ1n) is 8.09. The van der Waals surface area contributed by atoms with Gasteiger partial charge in [-0.1, -0.05) is 19.1 Å². The Morgan fingerprint density at radius 3 is 2.74 bits per heavy atom. The number of rotatable bonds is 4. The van der Waals surface area contributed by atoms with Crippen LogP contribution in [-0.2, 0) is 13.7 Å². The molecule has 0 unspecified atom stereocenters. The normalized spacial score (nSPS) is 16.7. The Morgan fingerprint density at radius 2 is 2.04 bits per heavy atom. The van der Waals surface area contributed by atoms with E-state index in [4.69, 9.17) is 22.1 Å². The number of hydrogen-bond acceptors (Lipinski definition) is 4. The molecule has 6 heteroatoms. The lowest BCUT2D eigenvalue weighted by atomic mass is 10.00. The van der Waals surface area contributed by atoms with Gasteiger partial charge >= 0.3 is 0 Å². The summed E-state index contributed by atoms with van der Waals surface area (Å²) >= 11 is 5.57. The number of benzene rings is 1. The van der Waals surface area contributed by atoms with Crippen molar-refractivity contribution in [3.8, 4) is 17.1 Å². The van der Waals surface area contributed by atoms with Gasteiger partial charge in [-0.3, -0.25) is 4.90 Å². The first-order chi connectivity index (χ1) is 11.1. The lowest BCUT2D eigenvalue weighted by molar-refractivity contribution is 0.146. The molecule has 1 aromatic carbocycles. The zero-order valence-electron chi connectivity index (χ0n) is 14.0. The van der Waals surface area contributed by atoms with Gasteiger partial charge in [0.15, 0.2) is 10.6 Å². The molecule has 2 aromatic rings. The van der Waals surface area contributed by atoms with E-state index in [1.165, 1.54) is 12.8 Å². The molecular formula is C17H24N4OS. The summed E-state index contributed by atoms with van der Waals surface area (Å²) in [7, 11) is 3.65. The van der Waals surface area contributed by atoms with Crippen LogP contribution in [0.3, 0.4) is 0 Å². The zero-order chi connectivity index (χ0) is 16.4. The van der Waals surface area contributed by atoms with E-state index in [1.54, 1.807) is 7.11 Å². The van der Waals surface area contributed by atoms with Crippen LogP contribution < -0.4 is 4.74 Å². The van der Waals surface area contributed by atoms with Crippen LogP contribution in [0.1, 0.15) is 19.8 Å². The van der Waals surface area contributed by atoms with Gasteiger partial charge in [0.25, 0.3) is 0 Å². The molecule has 0 atom stereocenters. The molecule has 1 fully saturated rings. The van der Waals surface area contributed by atoms with Gasteiger partial charge in [-0.2, -0.15) is 5.10 Å². The van der Waals surface area contributed by atoms with E-state index in [2.05, 4.69) is 11.8 Å². The van der Waals surface area contributed by atoms with Crippen LogP contribution in [0.5, 0.6) is 5.75 Å². The summed E-state index contributed by atoms with van der Waals surface area (Å²) in [6.07, 6.45) is 2.51. The van der Waals surface area contributed by atoms with Crippen molar-refractivity contribution in [1.29, 1.82) is 0 Å². The Hall–Kier alpha value is -1.66. The van der Waals surface area contributed by atoms with E-state index in [1.807, 2.05) is 40.6 Å². The van der Waals surface area contributed by atoms with Gasteiger partial charge in [0.2, 0.25) is 0 Å². The van der Waals surface area contributed by atoms with Gasteiger partial charge < -0.3 is 9.30 Å². The van der Waals surface area contributed by atoms with Crippen LogP contribution in [0, 0.1) is 10.7 Å². The molecule has 0 amide bonds. The van der Waals surface area contributed by atoms with E-state index >= 15 is 0 Å². The fourth-order valence-electron chi connectivity index (χ4n) is 2.99. The van der Waals surface area contributed by atoms with Crippen molar-refractivity contribution in [2.24, 2.45) is 13.0 Å². The number of methoxy groups -OCH3 is 1. The highest BCUT2D eigenvalue weighted by Gasteiger charge is 2.18. The molecule has 0 spiro atoms. The number of ether oxygens (including phenoxy) is 1. The molecule has 1 aliphatic rings. The lowest BCUT2D eigenvalue weighted by Crippen LogP contribution is -2.34. The van der Waals surface area contributed by atoms with E-state index in [0.29, 0.717) is 0 Å². The minimum absolute atomic E-state index is 0.751. The molecule has 1 aliphatic heterocycles. The lowest BCUT2D eigenvalue weighted by Gasteiger charge is -2.29. The first-order valence-corrected chi connectivity index (χ1v) is 8.50. The smallest absolute Gasteiger partial charge is 0.199 e. The second-order valence-corrected chi connectivity index (χ2v) is 6.70. The molecule has 1 saturated heterocycles. The summed E-state index contributed by atoms with van der Waals surface area (Å²) < 4.78 is 9.96. The van der Waals surface area contributed by atoms with Crippen molar-refractivity contribution in [3.05, 3.63) is 29.0 Å². The van der Waals surface area contributed by atoms with Crippen LogP contribution in [0.15, 0.2) is 24.3 Å². The van der Waals surface area contributed by atoms with Gasteiger partial charge in [0.05, 0.1) is 13.8 Å². The maximum Gasteiger partial charge on any atom is 0.199 e. The van der Waals surface area contributed by atoms with Crippen LogP contribution in [0.2, 0.25) is 0 Å². The fourth-order valence-corrected chi connectivity index (χ4v) is 3.17. The van der Waals surface area contributed by atoms with E-state index < -0.39 is 0 Å². The summed E-state index contributed by atoms with van der Waals surface area (Å²) in [6, 6.07) is 7.93. The average Bonchev–Trinajstić information content (AvgIpc) is 2.85. The van der Waals surface area contributed by atoms with Crippen LogP contribution in [0.4, 0.5) is 0 Å². The SMILES string of the molecule is COc1cccc(-c2nn(CN3CCC(C)CC3)c(=S)n2C)c1. The monoisotopic (exact) mass is 332 g/mol. The van der Waals surface area contributed by atoms with Crippen molar-refractivity contribution >= 4 is 12.2 Å². The van der Waals surface area contributed by atoms with Crippen LogP contribution in [0.25, 0.3) is 11.4 Å². The molecular weight excluding hydrogens is 308 g/mol. The number of hydrogen-bond donors (Lipinski definition) is 0. The Balaban J connectivity index is 1.85. The van der Waals surface area contributed by atoms with Crippen molar-refractivity contribution < 1.29 is 4.74 Å². The minimum atomic E-state index is 0.751. The predicted molar refractivity (Wildman–Crippen MR) is 94.0 cm³/mol. The third-order valence-corrected chi connectivity index (χ3v) is 5.06. The molecule has 0 N–H and O–H groups in total. The van der Waals surface area contributed by atoms with E-state index in [-0.39, 0.29) is 0 Å². The molecule has 0 aliphatic carbocycles. The quantitative estimate of drug-likeness (QED) is 0.805. The van der Waals surface area contributed by atoms with Gasteiger partial charge in [-0.15, -0.1) is 0 Å². The largest absolute Gasteiger partial charge is 0.497 e. The predicted octanol–water partition coefficient (Wildman–Crippen LogP) is 3.32. The van der Waals surface area contributed by atoms with Gasteiger partial charge in [-0.05, 0) is 43.1 Å². The van der Waals surface area contributed by atoms with Gasteiger partial charge in [0.1, 0.15) is 5.75 Å². The molecule has 5 nitrogen and oxygen atoms in total. The summed E-state index contributed by atoms with van der Waals surface area (Å²) in [4.78, 5) is 2.43. The molecule has 0 bridgehead atoms. The van der Waals surface area contributed by atoms with Crippen molar-refractivity contribution in [3.63, 3.8) is 0 Å². The highest BCUT2D eigenvalue weighted by molar-refractivity contribution is 7.71. The molecule has 124 valence electrons. The Morgan fingerprint density at radius 1 is 1.30 bits per heavy atom. The fraction of sp³-hybridized carbons (Fsp3) is 0.529. The maximum atomic E-state index is 5.57. The summed E-state index contributed by atoms with van der Waals surface area (Å²) in [5.41, 5.74) is 1.02. The number of piperidine rings is 1. The molecule has 0 saturated carbocycles. The average molecular weight is 332 g/mol. The molecule has 3 rings (SSSR count). The Bertz CT molecular complexity index is 728. The topological polar surface area (TPSA) is 35.2 Å². The Labute approximate surface area is 142 Å². The first kappa shape index (κ1) is 16.2. The number of nitrogens with zero attached hydrogens (tertiary/aromatic N) is 4. The maximum absolute atomic E-state index is 5.57. The van der Waals surface area contributed by atoms with Crippen molar-refractivity contribution in [2.75, 3.05) is 20.2 Å². The van der Waals surface area contributed by atoms with Crippen molar-refractivity contribution in [1.82, 2.24) is 19.2 Å². The Kier molecular flexibility index (Phi) is 4.82. The highest BCUT2D eigenvalue weighted by atomic mass is 32.1. The number of likely N-dealkylation sites (tertiary alicyclic amines) is 1.